The van der Waals surface area contributed by atoms with E-state index in [1.807, 2.05) is 11.9 Å². The lowest BCUT2D eigenvalue weighted by Crippen LogP contribution is -2.52. The summed E-state index contributed by atoms with van der Waals surface area (Å²) in [7, 11) is 2.00. The lowest BCUT2D eigenvalue weighted by molar-refractivity contribution is -0.133. The molecule has 4 aliphatic rings. The highest BCUT2D eigenvalue weighted by Crippen LogP contribution is 2.55. The minimum atomic E-state index is 0.313. The van der Waals surface area contributed by atoms with Gasteiger partial charge in [0.15, 0.2) is 0 Å². The zero-order chi connectivity index (χ0) is 14.4. The number of carbonyl (C=O) groups excluding carboxylic acids is 1. The fourth-order valence-electron chi connectivity index (χ4n) is 5.74. The Kier molecular flexibility index (Phi) is 3.52. The van der Waals surface area contributed by atoms with Crippen LogP contribution in [0.5, 0.6) is 0 Å². The van der Waals surface area contributed by atoms with Crippen molar-refractivity contribution >= 4 is 5.91 Å². The van der Waals surface area contributed by atoms with E-state index in [1.165, 1.54) is 64.2 Å². The molecule has 1 N–H and O–H groups in total. The number of hydrogen-bond donors (Lipinski definition) is 1. The predicted octanol–water partition coefficient (Wildman–Crippen LogP) is 2.95. The van der Waals surface area contributed by atoms with Crippen molar-refractivity contribution < 1.29 is 4.79 Å². The molecule has 0 radical (unpaired) electrons. The summed E-state index contributed by atoms with van der Waals surface area (Å²) in [4.78, 5) is 14.4. The third-order valence-electron chi connectivity index (χ3n) is 7.11. The Morgan fingerprint density at radius 1 is 1.10 bits per heavy atom. The maximum Gasteiger partial charge on any atom is 0.236 e. The van der Waals surface area contributed by atoms with Gasteiger partial charge in [-0.05, 0) is 62.7 Å². The Morgan fingerprint density at radius 2 is 1.86 bits per heavy atom. The molecule has 21 heavy (non-hydrogen) atoms. The summed E-state index contributed by atoms with van der Waals surface area (Å²) in [6, 6.07) is 0.527. The largest absolute Gasteiger partial charge is 0.342 e. The lowest BCUT2D eigenvalue weighted by Gasteiger charge is -2.40. The van der Waals surface area contributed by atoms with Crippen LogP contribution in [0.25, 0.3) is 0 Å². The van der Waals surface area contributed by atoms with Crippen LogP contribution >= 0.6 is 0 Å². The third-order valence-corrected chi connectivity index (χ3v) is 7.11. The molecule has 4 aliphatic carbocycles. The first kappa shape index (κ1) is 14.0. The van der Waals surface area contributed by atoms with Crippen molar-refractivity contribution in [2.45, 2.75) is 75.8 Å². The smallest absolute Gasteiger partial charge is 0.236 e. The van der Waals surface area contributed by atoms with E-state index in [4.69, 9.17) is 0 Å². The van der Waals surface area contributed by atoms with Crippen molar-refractivity contribution in [3.05, 3.63) is 0 Å². The highest BCUT2D eigenvalue weighted by atomic mass is 16.2. The van der Waals surface area contributed by atoms with E-state index in [1.54, 1.807) is 0 Å². The first-order valence-corrected chi connectivity index (χ1v) is 9.16. The number of likely N-dealkylation sites (N-methyl/N-ethyl adjacent to an activating group) is 1. The molecule has 0 saturated heterocycles. The van der Waals surface area contributed by atoms with Crippen molar-refractivity contribution in [1.82, 2.24) is 10.2 Å². The Balaban J connectivity index is 1.37. The van der Waals surface area contributed by atoms with Crippen LogP contribution in [0.2, 0.25) is 0 Å². The average Bonchev–Trinajstić information content (AvgIpc) is 2.56. The predicted molar refractivity (Wildman–Crippen MR) is 83.9 cm³/mol. The van der Waals surface area contributed by atoms with Gasteiger partial charge < -0.3 is 10.2 Å². The summed E-state index contributed by atoms with van der Waals surface area (Å²) >= 11 is 0. The van der Waals surface area contributed by atoms with Gasteiger partial charge in [-0.3, -0.25) is 4.79 Å². The standard InChI is InChI=1S/C18H30N2O/c1-20(16-6-3-7-16)17(21)12-19-18-9-13-4-2-5-14(10-18)15(8-13)11-18/h13-16,19H,2-12H2,1H3. The third kappa shape index (κ3) is 2.52. The summed E-state index contributed by atoms with van der Waals surface area (Å²) in [5.41, 5.74) is 0.314. The molecule has 4 fully saturated rings. The van der Waals surface area contributed by atoms with Crippen molar-refractivity contribution in [3.63, 3.8) is 0 Å². The molecule has 0 heterocycles. The van der Waals surface area contributed by atoms with Gasteiger partial charge in [0, 0.05) is 18.6 Å². The maximum absolute atomic E-state index is 12.4. The molecule has 118 valence electrons. The highest BCUT2D eigenvalue weighted by molar-refractivity contribution is 5.78. The number of fused-ring (bicyclic) bond motifs is 2. The van der Waals surface area contributed by atoms with Crippen LogP contribution in [0, 0.1) is 17.8 Å². The molecule has 4 saturated carbocycles. The van der Waals surface area contributed by atoms with Gasteiger partial charge in [0.1, 0.15) is 0 Å². The van der Waals surface area contributed by atoms with Crippen molar-refractivity contribution in [3.8, 4) is 0 Å². The minimum Gasteiger partial charge on any atom is -0.342 e. The summed E-state index contributed by atoms with van der Waals surface area (Å²) in [6.45, 7) is 0.569. The first-order valence-electron chi connectivity index (χ1n) is 9.16. The number of rotatable bonds is 4. The van der Waals surface area contributed by atoms with E-state index in [9.17, 15) is 4.79 Å². The van der Waals surface area contributed by atoms with E-state index < -0.39 is 0 Å². The van der Waals surface area contributed by atoms with Gasteiger partial charge in [-0.1, -0.05) is 19.3 Å². The number of hydrogen-bond acceptors (Lipinski definition) is 2. The van der Waals surface area contributed by atoms with Gasteiger partial charge >= 0.3 is 0 Å². The Labute approximate surface area is 128 Å². The Bertz CT molecular complexity index is 415. The van der Waals surface area contributed by atoms with Gasteiger partial charge in [0.2, 0.25) is 5.91 Å². The molecular formula is C18H30N2O. The quantitative estimate of drug-likeness (QED) is 0.863. The van der Waals surface area contributed by atoms with E-state index >= 15 is 0 Å². The van der Waals surface area contributed by atoms with Gasteiger partial charge in [0.05, 0.1) is 6.54 Å². The maximum atomic E-state index is 12.4. The van der Waals surface area contributed by atoms with Crippen molar-refractivity contribution in [1.29, 1.82) is 0 Å². The summed E-state index contributed by atoms with van der Waals surface area (Å²) < 4.78 is 0. The molecule has 0 aromatic heterocycles. The molecule has 3 heteroatoms. The molecule has 0 aromatic rings. The number of nitrogens with zero attached hydrogens (tertiary/aromatic N) is 1. The normalized spacial score (nSPS) is 41.7. The average molecular weight is 290 g/mol. The molecule has 4 unspecified atom stereocenters. The molecular weight excluding hydrogens is 260 g/mol. The highest BCUT2D eigenvalue weighted by Gasteiger charge is 2.51. The molecule has 3 nitrogen and oxygen atoms in total. The molecule has 1 amide bonds. The molecule has 3 bridgehead atoms. The summed E-state index contributed by atoms with van der Waals surface area (Å²) in [5, 5.41) is 3.75. The van der Waals surface area contributed by atoms with E-state index in [0.29, 0.717) is 24.0 Å². The molecule has 4 atom stereocenters. The molecule has 0 spiro atoms. The Morgan fingerprint density at radius 3 is 2.62 bits per heavy atom. The van der Waals surface area contributed by atoms with Crippen LogP contribution in [0.1, 0.15) is 64.2 Å². The molecule has 0 aromatic carbocycles. The van der Waals surface area contributed by atoms with E-state index in [2.05, 4.69) is 5.32 Å². The van der Waals surface area contributed by atoms with Crippen LogP contribution in [-0.4, -0.2) is 36.0 Å². The lowest BCUT2D eigenvalue weighted by atomic mass is 9.75. The number of nitrogens with one attached hydrogen (secondary N) is 1. The second-order valence-electron chi connectivity index (χ2n) is 8.39. The summed E-state index contributed by atoms with van der Waals surface area (Å²) in [6.07, 6.45) is 13.5. The second-order valence-corrected chi connectivity index (χ2v) is 8.39. The summed E-state index contributed by atoms with van der Waals surface area (Å²) in [5.74, 6) is 3.15. The monoisotopic (exact) mass is 290 g/mol. The number of amides is 1. The second kappa shape index (κ2) is 5.26. The van der Waals surface area contributed by atoms with Gasteiger partial charge in [-0.25, -0.2) is 0 Å². The van der Waals surface area contributed by atoms with Crippen LogP contribution in [-0.2, 0) is 4.79 Å². The van der Waals surface area contributed by atoms with Crippen molar-refractivity contribution in [2.75, 3.05) is 13.6 Å². The zero-order valence-corrected chi connectivity index (χ0v) is 13.4. The topological polar surface area (TPSA) is 32.3 Å². The van der Waals surface area contributed by atoms with E-state index in [0.717, 1.165) is 17.8 Å². The molecule has 0 aliphatic heterocycles. The number of carbonyl (C=O) groups is 1. The van der Waals surface area contributed by atoms with Gasteiger partial charge in [-0.2, -0.15) is 0 Å². The van der Waals surface area contributed by atoms with E-state index in [-0.39, 0.29) is 0 Å². The SMILES string of the molecule is CN(C(=O)CNC12CC3CCCC(C1)C(C3)C2)C1CCC1. The van der Waals surface area contributed by atoms with Crippen LogP contribution in [0.4, 0.5) is 0 Å². The fourth-order valence-corrected chi connectivity index (χ4v) is 5.74. The van der Waals surface area contributed by atoms with Crippen LogP contribution in [0.15, 0.2) is 0 Å². The minimum absolute atomic E-state index is 0.313. The van der Waals surface area contributed by atoms with Crippen LogP contribution < -0.4 is 5.32 Å². The zero-order valence-electron chi connectivity index (χ0n) is 13.4. The fraction of sp³-hybridized carbons (Fsp3) is 0.944. The molecule has 4 rings (SSSR count). The van der Waals surface area contributed by atoms with Gasteiger partial charge in [0.25, 0.3) is 0 Å². The Hall–Kier alpha value is -0.570. The van der Waals surface area contributed by atoms with Crippen LogP contribution in [0.3, 0.4) is 0 Å². The first-order chi connectivity index (χ1) is 10.2. The van der Waals surface area contributed by atoms with Gasteiger partial charge in [-0.15, -0.1) is 0 Å². The van der Waals surface area contributed by atoms with Crippen molar-refractivity contribution in [2.24, 2.45) is 17.8 Å².